The minimum Gasteiger partial charge on any atom is -0.368 e. The molecule has 0 radical (unpaired) electrons. The molecule has 2 aromatic heterocycles. The van der Waals surface area contributed by atoms with E-state index in [9.17, 15) is 5.26 Å². The summed E-state index contributed by atoms with van der Waals surface area (Å²) < 4.78 is 0. The Morgan fingerprint density at radius 1 is 1.19 bits per heavy atom. The summed E-state index contributed by atoms with van der Waals surface area (Å²) in [5.41, 5.74) is 3.99. The first-order valence-corrected chi connectivity index (χ1v) is 10.6. The molecule has 1 fully saturated rings. The summed E-state index contributed by atoms with van der Waals surface area (Å²) in [6.07, 6.45) is 2.72. The minimum atomic E-state index is 0.181. The van der Waals surface area contributed by atoms with Crippen LogP contribution in [0.5, 0.6) is 0 Å². The highest BCUT2D eigenvalue weighted by atomic mass is 15.3. The molecule has 0 saturated carbocycles. The quantitative estimate of drug-likeness (QED) is 0.661. The second-order valence-electron chi connectivity index (χ2n) is 8.85. The Morgan fingerprint density at radius 3 is 2.68 bits per heavy atom. The lowest BCUT2D eigenvalue weighted by Gasteiger charge is -2.52. The molecular formula is C24H29N7. The maximum absolute atomic E-state index is 9.25. The van der Waals surface area contributed by atoms with Crippen LogP contribution in [0.25, 0.3) is 10.8 Å². The lowest BCUT2D eigenvalue weighted by molar-refractivity contribution is 0.132. The zero-order valence-corrected chi connectivity index (χ0v) is 18.9. The van der Waals surface area contributed by atoms with Crippen LogP contribution >= 0.6 is 0 Å². The van der Waals surface area contributed by atoms with Crippen molar-refractivity contribution in [2.75, 3.05) is 43.9 Å². The topological polar surface area (TPSA) is 81.0 Å². The highest BCUT2D eigenvalue weighted by molar-refractivity contribution is 5.94. The van der Waals surface area contributed by atoms with Crippen molar-refractivity contribution >= 4 is 22.4 Å². The van der Waals surface area contributed by atoms with Gasteiger partial charge >= 0.3 is 0 Å². The standard InChI is InChI=1S/C24H29N7/c1-16-18(7-6-8-19(16)12-25)9-10-26-23-20-11-22(27-13-21(20)17(2)28-29-23)31-14-24(3,15-31)30(4)5/h6-8,11,13H,9-10,14-15H2,1-5H3,(H,26,29). The maximum Gasteiger partial charge on any atom is 0.156 e. The van der Waals surface area contributed by atoms with Crippen LogP contribution in [0.4, 0.5) is 11.6 Å². The van der Waals surface area contributed by atoms with Crippen molar-refractivity contribution in [2.45, 2.75) is 32.7 Å². The molecule has 4 rings (SSSR count). The SMILES string of the molecule is Cc1c(C#N)cccc1CCNc1nnc(C)c2cnc(N3CC(C)(N(C)C)C3)cc12. The summed E-state index contributed by atoms with van der Waals surface area (Å²) in [5, 5.41) is 23.5. The van der Waals surface area contributed by atoms with E-state index in [0.29, 0.717) is 6.54 Å². The van der Waals surface area contributed by atoms with Crippen LogP contribution in [-0.4, -0.2) is 59.3 Å². The molecule has 0 atom stereocenters. The molecule has 1 aliphatic rings. The molecule has 7 heteroatoms. The van der Waals surface area contributed by atoms with E-state index < -0.39 is 0 Å². The Morgan fingerprint density at radius 2 is 1.97 bits per heavy atom. The average Bonchev–Trinajstić information content (AvgIpc) is 2.74. The first-order valence-electron chi connectivity index (χ1n) is 10.6. The number of anilines is 2. The molecule has 0 amide bonds. The van der Waals surface area contributed by atoms with Crippen molar-refractivity contribution in [1.82, 2.24) is 20.1 Å². The van der Waals surface area contributed by atoms with Gasteiger partial charge in [-0.2, -0.15) is 10.4 Å². The Bertz CT molecular complexity index is 1160. The summed E-state index contributed by atoms with van der Waals surface area (Å²) in [5.74, 6) is 1.74. The van der Waals surface area contributed by atoms with Crippen LogP contribution in [0.1, 0.15) is 29.3 Å². The molecule has 160 valence electrons. The first kappa shape index (κ1) is 21.0. The number of fused-ring (bicyclic) bond motifs is 1. The molecule has 0 aliphatic carbocycles. The number of aryl methyl sites for hydroxylation is 1. The molecular weight excluding hydrogens is 386 g/mol. The third-order valence-electron chi connectivity index (χ3n) is 6.55. The van der Waals surface area contributed by atoms with Gasteiger partial charge < -0.3 is 15.1 Å². The van der Waals surface area contributed by atoms with Gasteiger partial charge in [0.05, 0.1) is 22.9 Å². The molecule has 1 aromatic carbocycles. The molecule has 0 spiro atoms. The Kier molecular flexibility index (Phi) is 5.50. The van der Waals surface area contributed by atoms with Gasteiger partial charge in [-0.3, -0.25) is 0 Å². The van der Waals surface area contributed by atoms with Crippen LogP contribution in [0, 0.1) is 25.2 Å². The lowest BCUT2D eigenvalue weighted by Crippen LogP contribution is -2.67. The second-order valence-corrected chi connectivity index (χ2v) is 8.85. The molecule has 1 saturated heterocycles. The fraction of sp³-hybridized carbons (Fsp3) is 0.417. The fourth-order valence-electron chi connectivity index (χ4n) is 4.08. The number of pyridine rings is 1. The Balaban J connectivity index is 1.54. The van der Waals surface area contributed by atoms with Crippen molar-refractivity contribution in [3.05, 3.63) is 52.8 Å². The number of likely N-dealkylation sites (N-methyl/N-ethyl adjacent to an activating group) is 1. The summed E-state index contributed by atoms with van der Waals surface area (Å²) in [7, 11) is 4.25. The molecule has 1 aliphatic heterocycles. The lowest BCUT2D eigenvalue weighted by atomic mass is 9.91. The van der Waals surface area contributed by atoms with E-state index in [-0.39, 0.29) is 5.54 Å². The molecule has 0 bridgehead atoms. The van der Waals surface area contributed by atoms with Gasteiger partial charge in [0, 0.05) is 36.6 Å². The van der Waals surface area contributed by atoms with Crippen molar-refractivity contribution in [2.24, 2.45) is 0 Å². The Labute approximate surface area is 183 Å². The zero-order chi connectivity index (χ0) is 22.2. The van der Waals surface area contributed by atoms with E-state index in [1.54, 1.807) is 0 Å². The predicted octanol–water partition coefficient (Wildman–Crippen LogP) is 3.31. The van der Waals surface area contributed by atoms with E-state index in [0.717, 1.165) is 58.7 Å². The van der Waals surface area contributed by atoms with Crippen molar-refractivity contribution in [3.63, 3.8) is 0 Å². The largest absolute Gasteiger partial charge is 0.368 e. The average molecular weight is 416 g/mol. The second kappa shape index (κ2) is 8.12. The van der Waals surface area contributed by atoms with E-state index in [1.165, 1.54) is 5.56 Å². The van der Waals surface area contributed by atoms with Crippen molar-refractivity contribution in [3.8, 4) is 6.07 Å². The third kappa shape index (κ3) is 3.91. The summed E-state index contributed by atoms with van der Waals surface area (Å²) in [6.45, 7) is 8.85. The number of hydrogen-bond acceptors (Lipinski definition) is 7. The highest BCUT2D eigenvalue weighted by Gasteiger charge is 2.41. The van der Waals surface area contributed by atoms with Gasteiger partial charge in [-0.25, -0.2) is 4.98 Å². The van der Waals surface area contributed by atoms with Gasteiger partial charge in [-0.15, -0.1) is 5.10 Å². The molecule has 31 heavy (non-hydrogen) atoms. The Hall–Kier alpha value is -3.24. The minimum absolute atomic E-state index is 0.181. The van der Waals surface area contributed by atoms with Crippen LogP contribution in [0.15, 0.2) is 30.5 Å². The summed E-state index contributed by atoms with van der Waals surface area (Å²) in [4.78, 5) is 9.27. The maximum atomic E-state index is 9.25. The fourth-order valence-corrected chi connectivity index (χ4v) is 4.08. The van der Waals surface area contributed by atoms with E-state index >= 15 is 0 Å². The van der Waals surface area contributed by atoms with Crippen LogP contribution in [0.3, 0.4) is 0 Å². The van der Waals surface area contributed by atoms with Gasteiger partial charge in [0.2, 0.25) is 0 Å². The van der Waals surface area contributed by atoms with Crippen molar-refractivity contribution in [1.29, 1.82) is 5.26 Å². The third-order valence-corrected chi connectivity index (χ3v) is 6.55. The number of benzene rings is 1. The number of rotatable bonds is 6. The summed E-state index contributed by atoms with van der Waals surface area (Å²) in [6, 6.07) is 10.2. The zero-order valence-electron chi connectivity index (χ0n) is 18.9. The van der Waals surface area contributed by atoms with Gasteiger partial charge in [0.25, 0.3) is 0 Å². The first-order chi connectivity index (χ1) is 14.8. The van der Waals surface area contributed by atoms with Gasteiger partial charge in [-0.1, -0.05) is 12.1 Å². The van der Waals surface area contributed by atoms with Crippen LogP contribution < -0.4 is 10.2 Å². The number of nitriles is 1. The molecule has 1 N–H and O–H groups in total. The van der Waals surface area contributed by atoms with Gasteiger partial charge in [0.1, 0.15) is 5.82 Å². The molecule has 0 unspecified atom stereocenters. The molecule has 3 aromatic rings. The molecule has 3 heterocycles. The van der Waals surface area contributed by atoms with E-state index in [2.05, 4.69) is 64.5 Å². The van der Waals surface area contributed by atoms with E-state index in [1.807, 2.05) is 32.2 Å². The van der Waals surface area contributed by atoms with Crippen molar-refractivity contribution < 1.29 is 0 Å². The highest BCUT2D eigenvalue weighted by Crippen LogP contribution is 2.32. The number of nitrogens with zero attached hydrogens (tertiary/aromatic N) is 6. The van der Waals surface area contributed by atoms with Gasteiger partial charge in [-0.05, 0) is 64.5 Å². The predicted molar refractivity (Wildman–Crippen MR) is 124 cm³/mol. The molecule has 7 nitrogen and oxygen atoms in total. The number of nitrogens with one attached hydrogen (secondary N) is 1. The van der Waals surface area contributed by atoms with Crippen LogP contribution in [-0.2, 0) is 6.42 Å². The van der Waals surface area contributed by atoms with Gasteiger partial charge in [0.15, 0.2) is 5.82 Å². The normalized spacial score (nSPS) is 15.1. The van der Waals surface area contributed by atoms with E-state index in [4.69, 9.17) is 4.98 Å². The monoisotopic (exact) mass is 415 g/mol. The number of hydrogen-bond donors (Lipinski definition) is 1. The van der Waals surface area contributed by atoms with Crippen LogP contribution in [0.2, 0.25) is 0 Å². The number of aromatic nitrogens is 3. The summed E-state index contributed by atoms with van der Waals surface area (Å²) >= 11 is 0. The smallest absolute Gasteiger partial charge is 0.156 e.